The van der Waals surface area contributed by atoms with E-state index in [0.29, 0.717) is 0 Å². The summed E-state index contributed by atoms with van der Waals surface area (Å²) < 4.78 is 24.7. The Hall–Kier alpha value is -1.92. The molecule has 0 aliphatic heterocycles. The van der Waals surface area contributed by atoms with Crippen molar-refractivity contribution in [2.45, 2.75) is 4.21 Å². The second kappa shape index (κ2) is 5.42. The zero-order chi connectivity index (χ0) is 12.9. The number of hydrogen-bond donors (Lipinski definition) is 0. The van der Waals surface area contributed by atoms with Crippen LogP contribution in [0.3, 0.4) is 0 Å². The highest BCUT2D eigenvalue weighted by Gasteiger charge is 2.25. The van der Waals surface area contributed by atoms with Crippen LogP contribution < -0.4 is 0 Å². The summed E-state index contributed by atoms with van der Waals surface area (Å²) in [4.78, 5) is 0.262. The molecule has 1 heterocycles. The lowest BCUT2D eigenvalue weighted by molar-refractivity contribution is 0.481. The SMILES string of the molecule is N#CCN(CC#N)S(=O)(=O)c1ccc(C#N)s1. The lowest BCUT2D eigenvalue weighted by Crippen LogP contribution is -2.31. The molecule has 1 rings (SSSR count). The van der Waals surface area contributed by atoms with E-state index in [1.807, 2.05) is 6.07 Å². The summed E-state index contributed by atoms with van der Waals surface area (Å²) in [5.41, 5.74) is 0. The molecule has 0 saturated carbocycles. The number of sulfonamides is 1. The van der Waals surface area contributed by atoms with Crippen LogP contribution >= 0.6 is 11.3 Å². The van der Waals surface area contributed by atoms with Crippen molar-refractivity contribution in [3.05, 3.63) is 17.0 Å². The molecule has 1 aromatic rings. The number of rotatable bonds is 4. The van der Waals surface area contributed by atoms with E-state index in [9.17, 15) is 8.42 Å². The number of nitriles is 3. The molecule has 0 saturated heterocycles. The molecular weight excluding hydrogens is 260 g/mol. The highest BCUT2D eigenvalue weighted by Crippen LogP contribution is 2.24. The van der Waals surface area contributed by atoms with Gasteiger partial charge in [0.15, 0.2) is 0 Å². The predicted octanol–water partition coefficient (Wildman–Crippen LogP) is 0.658. The van der Waals surface area contributed by atoms with Gasteiger partial charge in [-0.25, -0.2) is 8.42 Å². The predicted molar refractivity (Wildman–Crippen MR) is 59.0 cm³/mol. The van der Waals surface area contributed by atoms with Gasteiger partial charge in [0.25, 0.3) is 10.0 Å². The Bertz CT molecular complexity index is 611. The van der Waals surface area contributed by atoms with Crippen LogP contribution in [0, 0.1) is 34.0 Å². The fraction of sp³-hybridized carbons (Fsp3) is 0.222. The molecule has 0 N–H and O–H groups in total. The van der Waals surface area contributed by atoms with Crippen molar-refractivity contribution in [3.63, 3.8) is 0 Å². The van der Waals surface area contributed by atoms with Gasteiger partial charge in [-0.1, -0.05) is 0 Å². The number of thiophene rings is 1. The minimum atomic E-state index is -3.86. The fourth-order valence-corrected chi connectivity index (χ4v) is 3.52. The van der Waals surface area contributed by atoms with E-state index in [1.54, 1.807) is 12.1 Å². The van der Waals surface area contributed by atoms with Gasteiger partial charge in [-0.3, -0.25) is 0 Å². The molecule has 0 fully saturated rings. The van der Waals surface area contributed by atoms with Crippen LogP contribution in [-0.4, -0.2) is 25.8 Å². The van der Waals surface area contributed by atoms with E-state index in [1.165, 1.54) is 12.1 Å². The zero-order valence-electron chi connectivity index (χ0n) is 8.49. The minimum absolute atomic E-state index is 0.0421. The van der Waals surface area contributed by atoms with E-state index < -0.39 is 23.1 Å². The smallest absolute Gasteiger partial charge is 0.206 e. The summed E-state index contributed by atoms with van der Waals surface area (Å²) >= 11 is 0.810. The first-order valence-electron chi connectivity index (χ1n) is 4.30. The van der Waals surface area contributed by atoms with Gasteiger partial charge >= 0.3 is 0 Å². The third kappa shape index (κ3) is 2.80. The third-order valence-electron chi connectivity index (χ3n) is 1.78. The van der Waals surface area contributed by atoms with Gasteiger partial charge < -0.3 is 0 Å². The van der Waals surface area contributed by atoms with Gasteiger partial charge in [-0.05, 0) is 12.1 Å². The molecule has 86 valence electrons. The molecular formula is C9H6N4O2S2. The van der Waals surface area contributed by atoms with Crippen LogP contribution in [0.4, 0.5) is 0 Å². The molecule has 0 atom stereocenters. The normalized spacial score (nSPS) is 10.5. The second-order valence-electron chi connectivity index (χ2n) is 2.82. The van der Waals surface area contributed by atoms with Gasteiger partial charge in [-0.2, -0.15) is 20.1 Å². The molecule has 0 bridgehead atoms. The molecule has 0 aromatic carbocycles. The summed E-state index contributed by atoms with van der Waals surface area (Å²) in [6.45, 7) is -0.786. The first-order chi connectivity index (χ1) is 8.06. The lowest BCUT2D eigenvalue weighted by atomic mass is 10.5. The average Bonchev–Trinajstić information content (AvgIpc) is 2.78. The summed E-state index contributed by atoms with van der Waals surface area (Å²) in [6.07, 6.45) is 0. The monoisotopic (exact) mass is 266 g/mol. The van der Waals surface area contributed by atoms with Crippen molar-refractivity contribution < 1.29 is 8.42 Å². The van der Waals surface area contributed by atoms with Crippen molar-refractivity contribution in [3.8, 4) is 18.2 Å². The molecule has 0 amide bonds. The topological polar surface area (TPSA) is 109 Å². The molecule has 6 nitrogen and oxygen atoms in total. The quantitative estimate of drug-likeness (QED) is 0.743. The van der Waals surface area contributed by atoms with E-state index in [2.05, 4.69) is 0 Å². The Labute approximate surface area is 103 Å². The van der Waals surface area contributed by atoms with Crippen molar-refractivity contribution in [1.29, 1.82) is 15.8 Å². The van der Waals surface area contributed by atoms with Gasteiger partial charge in [0.05, 0.1) is 12.1 Å². The van der Waals surface area contributed by atoms with Gasteiger partial charge in [0, 0.05) is 0 Å². The third-order valence-corrected chi connectivity index (χ3v) is 5.03. The Morgan fingerprint density at radius 3 is 2.18 bits per heavy atom. The lowest BCUT2D eigenvalue weighted by Gasteiger charge is -2.13. The largest absolute Gasteiger partial charge is 0.254 e. The molecule has 0 spiro atoms. The summed E-state index contributed by atoms with van der Waals surface area (Å²) in [5, 5.41) is 25.6. The Morgan fingerprint density at radius 1 is 1.18 bits per heavy atom. The first-order valence-corrected chi connectivity index (χ1v) is 6.56. The molecule has 17 heavy (non-hydrogen) atoms. The second-order valence-corrected chi connectivity index (χ2v) is 6.07. The van der Waals surface area contributed by atoms with Crippen molar-refractivity contribution in [2.75, 3.05) is 13.1 Å². The Balaban J connectivity index is 3.14. The van der Waals surface area contributed by atoms with Crippen LogP contribution in [0.1, 0.15) is 4.88 Å². The van der Waals surface area contributed by atoms with Crippen LogP contribution in [0.2, 0.25) is 0 Å². The summed E-state index contributed by atoms with van der Waals surface area (Å²) in [6, 6.07) is 7.87. The maximum Gasteiger partial charge on any atom is 0.254 e. The highest BCUT2D eigenvalue weighted by atomic mass is 32.2. The van der Waals surface area contributed by atoms with E-state index in [0.717, 1.165) is 15.6 Å². The maximum atomic E-state index is 12.0. The van der Waals surface area contributed by atoms with Gasteiger partial charge in [0.2, 0.25) is 0 Å². The molecule has 1 aromatic heterocycles. The van der Waals surface area contributed by atoms with Crippen molar-refractivity contribution >= 4 is 21.4 Å². The summed E-state index contributed by atoms with van der Waals surface area (Å²) in [5.74, 6) is 0. The standard InChI is InChI=1S/C9H6N4O2S2/c10-3-5-13(6-4-11)17(14,15)9-2-1-8(7-12)16-9/h1-2H,5-6H2. The maximum absolute atomic E-state index is 12.0. The molecule has 0 radical (unpaired) electrons. The molecule has 0 unspecified atom stereocenters. The molecule has 0 aliphatic carbocycles. The zero-order valence-corrected chi connectivity index (χ0v) is 10.1. The van der Waals surface area contributed by atoms with Crippen LogP contribution in [0.25, 0.3) is 0 Å². The van der Waals surface area contributed by atoms with Crippen LogP contribution in [0.5, 0.6) is 0 Å². The van der Waals surface area contributed by atoms with Crippen LogP contribution in [-0.2, 0) is 10.0 Å². The van der Waals surface area contributed by atoms with Crippen molar-refractivity contribution in [2.24, 2.45) is 0 Å². The highest BCUT2D eigenvalue weighted by molar-refractivity contribution is 7.91. The first kappa shape index (κ1) is 13.1. The van der Waals surface area contributed by atoms with Gasteiger partial charge in [-0.15, -0.1) is 11.3 Å². The fourth-order valence-electron chi connectivity index (χ4n) is 1.03. The van der Waals surface area contributed by atoms with Crippen LogP contribution in [0.15, 0.2) is 16.3 Å². The minimum Gasteiger partial charge on any atom is -0.206 e. The average molecular weight is 266 g/mol. The Kier molecular flexibility index (Phi) is 4.19. The molecule has 0 aliphatic rings. The molecule has 8 heteroatoms. The van der Waals surface area contributed by atoms with Gasteiger partial charge in [0.1, 0.15) is 28.2 Å². The number of hydrogen-bond acceptors (Lipinski definition) is 6. The van der Waals surface area contributed by atoms with E-state index >= 15 is 0 Å². The van der Waals surface area contributed by atoms with E-state index in [-0.39, 0.29) is 9.09 Å². The summed E-state index contributed by atoms with van der Waals surface area (Å²) in [7, 11) is -3.86. The Morgan fingerprint density at radius 2 is 1.76 bits per heavy atom. The number of nitrogens with zero attached hydrogens (tertiary/aromatic N) is 4. The van der Waals surface area contributed by atoms with E-state index in [4.69, 9.17) is 15.8 Å². The van der Waals surface area contributed by atoms with Crippen molar-refractivity contribution in [1.82, 2.24) is 4.31 Å².